The van der Waals surface area contributed by atoms with Gasteiger partial charge in [-0.2, -0.15) is 0 Å². The van der Waals surface area contributed by atoms with E-state index < -0.39 is 0 Å². The van der Waals surface area contributed by atoms with Crippen molar-refractivity contribution in [2.45, 2.75) is 64.5 Å². The minimum absolute atomic E-state index is 0. The second-order valence-corrected chi connectivity index (χ2v) is 7.51. The van der Waals surface area contributed by atoms with Gasteiger partial charge in [-0.25, -0.2) is 0 Å². The molecule has 0 spiro atoms. The molecule has 1 saturated heterocycles. The number of nitrogens with one attached hydrogen (secondary N) is 1. The number of halogens is 1. The van der Waals surface area contributed by atoms with Crippen molar-refractivity contribution in [2.24, 2.45) is 11.7 Å². The van der Waals surface area contributed by atoms with Crippen LogP contribution in [0.1, 0.15) is 60.4 Å². The molecule has 3 N–H and O–H groups in total. The van der Waals surface area contributed by atoms with Crippen LogP contribution < -0.4 is 11.1 Å². The predicted octanol–water partition coefficient (Wildman–Crippen LogP) is 2.56. The maximum atomic E-state index is 12.5. The zero-order chi connectivity index (χ0) is 18.0. The number of furan rings is 1. The van der Waals surface area contributed by atoms with Gasteiger partial charge in [0.25, 0.3) is 5.91 Å². The Morgan fingerprint density at radius 3 is 2.46 bits per heavy atom. The average Bonchev–Trinajstić information content (AvgIpc) is 3.13. The van der Waals surface area contributed by atoms with Gasteiger partial charge in [0.05, 0.1) is 5.56 Å². The highest BCUT2D eigenvalue weighted by Gasteiger charge is 2.30. The molecule has 2 amide bonds. The summed E-state index contributed by atoms with van der Waals surface area (Å²) in [4.78, 5) is 26.8. The SMILES string of the molecule is Cc1cc(C(=O)NC2CCN(C(=O)C[C@@H]3CCC[C@H]3N)CC2)c(C)o1.Cl. The summed E-state index contributed by atoms with van der Waals surface area (Å²) in [6.45, 7) is 5.05. The third-order valence-electron chi connectivity index (χ3n) is 5.62. The number of rotatable bonds is 4. The molecular formula is C19H30ClN3O3. The summed E-state index contributed by atoms with van der Waals surface area (Å²) < 4.78 is 5.42. The van der Waals surface area contributed by atoms with Crippen LogP contribution in [-0.4, -0.2) is 41.9 Å². The minimum Gasteiger partial charge on any atom is -0.466 e. The molecule has 0 unspecified atom stereocenters. The lowest BCUT2D eigenvalue weighted by molar-refractivity contribution is -0.133. The molecule has 6 nitrogen and oxygen atoms in total. The number of hydrogen-bond acceptors (Lipinski definition) is 4. The van der Waals surface area contributed by atoms with E-state index in [-0.39, 0.29) is 36.3 Å². The Morgan fingerprint density at radius 2 is 1.92 bits per heavy atom. The van der Waals surface area contributed by atoms with Crippen molar-refractivity contribution in [3.05, 3.63) is 23.2 Å². The van der Waals surface area contributed by atoms with Crippen molar-refractivity contribution in [3.8, 4) is 0 Å². The fourth-order valence-corrected chi connectivity index (χ4v) is 4.06. The lowest BCUT2D eigenvalue weighted by Gasteiger charge is -2.33. The summed E-state index contributed by atoms with van der Waals surface area (Å²) in [7, 11) is 0. The van der Waals surface area contributed by atoms with Crippen molar-refractivity contribution < 1.29 is 14.0 Å². The van der Waals surface area contributed by atoms with Crippen LogP contribution in [0.5, 0.6) is 0 Å². The zero-order valence-electron chi connectivity index (χ0n) is 15.6. The smallest absolute Gasteiger partial charge is 0.255 e. The fourth-order valence-electron chi connectivity index (χ4n) is 4.06. The molecule has 2 aliphatic rings. The number of nitrogens with two attached hydrogens (primary N) is 1. The summed E-state index contributed by atoms with van der Waals surface area (Å²) in [5.74, 6) is 1.87. The Morgan fingerprint density at radius 1 is 1.23 bits per heavy atom. The van der Waals surface area contributed by atoms with Crippen LogP contribution in [0.15, 0.2) is 10.5 Å². The first-order valence-electron chi connectivity index (χ1n) is 9.35. The van der Waals surface area contributed by atoms with Crippen LogP contribution in [0.3, 0.4) is 0 Å². The van der Waals surface area contributed by atoms with Gasteiger partial charge < -0.3 is 20.4 Å². The molecule has 26 heavy (non-hydrogen) atoms. The molecular weight excluding hydrogens is 354 g/mol. The standard InChI is InChI=1S/C19H29N3O3.ClH/c1-12-10-16(13(2)25-12)19(24)21-15-6-8-22(9-7-15)18(23)11-14-4-3-5-17(14)20;/h10,14-15,17H,3-9,11,20H2,1-2H3,(H,21,24);1H/t14-,17+;/m0./s1. The highest BCUT2D eigenvalue weighted by Crippen LogP contribution is 2.28. The minimum atomic E-state index is -0.0870. The van der Waals surface area contributed by atoms with Gasteiger partial charge in [-0.15, -0.1) is 12.4 Å². The lowest BCUT2D eigenvalue weighted by atomic mass is 9.98. The van der Waals surface area contributed by atoms with Gasteiger partial charge in [-0.05, 0) is 51.5 Å². The number of likely N-dealkylation sites (tertiary alicyclic amines) is 1. The Kier molecular flexibility index (Phi) is 7.12. The number of carbonyl (C=O) groups is 2. The van der Waals surface area contributed by atoms with Crippen LogP contribution in [0.4, 0.5) is 0 Å². The first-order valence-corrected chi connectivity index (χ1v) is 9.35. The predicted molar refractivity (Wildman–Crippen MR) is 102 cm³/mol. The van der Waals surface area contributed by atoms with Crippen molar-refractivity contribution in [3.63, 3.8) is 0 Å². The van der Waals surface area contributed by atoms with Crippen molar-refractivity contribution in [2.75, 3.05) is 13.1 Å². The van der Waals surface area contributed by atoms with E-state index in [0.29, 0.717) is 36.8 Å². The Balaban J connectivity index is 0.00000243. The summed E-state index contributed by atoms with van der Waals surface area (Å²) in [6, 6.07) is 2.07. The Hall–Kier alpha value is -1.53. The Labute approximate surface area is 161 Å². The van der Waals surface area contributed by atoms with Crippen LogP contribution in [-0.2, 0) is 4.79 Å². The van der Waals surface area contributed by atoms with E-state index in [4.69, 9.17) is 10.2 Å². The molecule has 146 valence electrons. The molecule has 1 aliphatic heterocycles. The number of amides is 2. The van der Waals surface area contributed by atoms with E-state index in [0.717, 1.165) is 37.9 Å². The first kappa shape index (κ1) is 20.8. The lowest BCUT2D eigenvalue weighted by Crippen LogP contribution is -2.47. The summed E-state index contributed by atoms with van der Waals surface area (Å²) in [5, 5.41) is 3.07. The van der Waals surface area contributed by atoms with Crippen molar-refractivity contribution in [1.29, 1.82) is 0 Å². The van der Waals surface area contributed by atoms with Gasteiger partial charge in [0, 0.05) is 31.6 Å². The number of nitrogens with zero attached hydrogens (tertiary/aromatic N) is 1. The molecule has 0 radical (unpaired) electrons. The average molecular weight is 384 g/mol. The van der Waals surface area contributed by atoms with E-state index in [1.165, 1.54) is 0 Å². The molecule has 3 rings (SSSR count). The number of hydrogen-bond donors (Lipinski definition) is 2. The number of piperidine rings is 1. The monoisotopic (exact) mass is 383 g/mol. The van der Waals surface area contributed by atoms with Crippen LogP contribution in [0.2, 0.25) is 0 Å². The molecule has 2 atom stereocenters. The molecule has 7 heteroatoms. The highest BCUT2D eigenvalue weighted by atomic mass is 35.5. The second kappa shape index (κ2) is 8.91. The molecule has 2 fully saturated rings. The second-order valence-electron chi connectivity index (χ2n) is 7.51. The van der Waals surface area contributed by atoms with E-state index in [1.54, 1.807) is 13.0 Å². The van der Waals surface area contributed by atoms with Gasteiger partial charge in [-0.3, -0.25) is 9.59 Å². The van der Waals surface area contributed by atoms with Crippen LogP contribution in [0, 0.1) is 19.8 Å². The molecule has 0 aromatic carbocycles. The van der Waals surface area contributed by atoms with Crippen LogP contribution >= 0.6 is 12.4 Å². The molecule has 1 saturated carbocycles. The van der Waals surface area contributed by atoms with E-state index >= 15 is 0 Å². The first-order chi connectivity index (χ1) is 11.9. The van der Waals surface area contributed by atoms with Gasteiger partial charge in [0.2, 0.25) is 5.91 Å². The van der Waals surface area contributed by atoms with Gasteiger partial charge in [-0.1, -0.05) is 6.42 Å². The van der Waals surface area contributed by atoms with Crippen molar-refractivity contribution >= 4 is 24.2 Å². The van der Waals surface area contributed by atoms with Gasteiger partial charge in [0.1, 0.15) is 11.5 Å². The van der Waals surface area contributed by atoms with E-state index in [2.05, 4.69) is 5.32 Å². The normalized spacial score (nSPS) is 23.6. The van der Waals surface area contributed by atoms with Crippen LogP contribution in [0.25, 0.3) is 0 Å². The largest absolute Gasteiger partial charge is 0.466 e. The summed E-state index contributed by atoms with van der Waals surface area (Å²) in [6.07, 6.45) is 5.42. The maximum absolute atomic E-state index is 12.5. The fraction of sp³-hybridized carbons (Fsp3) is 0.684. The zero-order valence-corrected chi connectivity index (χ0v) is 16.4. The van der Waals surface area contributed by atoms with E-state index in [9.17, 15) is 9.59 Å². The number of aryl methyl sites for hydroxylation is 2. The maximum Gasteiger partial charge on any atom is 0.255 e. The van der Waals surface area contributed by atoms with Gasteiger partial charge in [0.15, 0.2) is 0 Å². The third kappa shape index (κ3) is 4.80. The summed E-state index contributed by atoms with van der Waals surface area (Å²) in [5.41, 5.74) is 6.68. The molecule has 1 aromatic rings. The molecule has 0 bridgehead atoms. The third-order valence-corrected chi connectivity index (χ3v) is 5.62. The molecule has 1 aliphatic carbocycles. The molecule has 2 heterocycles. The topological polar surface area (TPSA) is 88.6 Å². The quantitative estimate of drug-likeness (QED) is 0.836. The number of carbonyl (C=O) groups excluding carboxylic acids is 2. The Bertz CT molecular complexity index is 638. The molecule has 1 aromatic heterocycles. The van der Waals surface area contributed by atoms with E-state index in [1.807, 2.05) is 11.8 Å². The van der Waals surface area contributed by atoms with Gasteiger partial charge >= 0.3 is 0 Å². The van der Waals surface area contributed by atoms with Crippen molar-refractivity contribution in [1.82, 2.24) is 10.2 Å². The highest BCUT2D eigenvalue weighted by molar-refractivity contribution is 5.95. The summed E-state index contributed by atoms with van der Waals surface area (Å²) >= 11 is 0.